The molecule has 4 nitrogen and oxygen atoms in total. The first-order valence-electron chi connectivity index (χ1n) is 10.9. The largest absolute Gasteiger partial charge is 0.324 e. The molecule has 1 N–H and O–H groups in total. The summed E-state index contributed by atoms with van der Waals surface area (Å²) in [5, 5.41) is 2.67. The van der Waals surface area contributed by atoms with Gasteiger partial charge in [-0.15, -0.1) is 0 Å². The minimum absolute atomic E-state index is 0.147. The number of benzene rings is 3. The van der Waals surface area contributed by atoms with Crippen LogP contribution in [0, 0.1) is 5.82 Å². The summed E-state index contributed by atoms with van der Waals surface area (Å²) in [5.41, 5.74) is 5.71. The first-order chi connectivity index (χ1) is 15.2. The second-order valence-corrected chi connectivity index (χ2v) is 8.23. The Bertz CT molecular complexity index is 1050. The summed E-state index contributed by atoms with van der Waals surface area (Å²) in [6.07, 6.45) is 0.365. The molecular weight excluding hydrogens is 389 g/mol. The molecular formula is C26H26FN3O. The van der Waals surface area contributed by atoms with Gasteiger partial charge in [-0.25, -0.2) is 4.39 Å². The highest BCUT2D eigenvalue weighted by Gasteiger charge is 2.34. The van der Waals surface area contributed by atoms with Gasteiger partial charge in [0.05, 0.1) is 11.7 Å². The Morgan fingerprint density at radius 2 is 1.42 bits per heavy atom. The smallest absolute Gasteiger partial charge is 0.225 e. The van der Waals surface area contributed by atoms with Gasteiger partial charge < -0.3 is 10.2 Å². The van der Waals surface area contributed by atoms with Gasteiger partial charge in [0.15, 0.2) is 0 Å². The summed E-state index contributed by atoms with van der Waals surface area (Å²) >= 11 is 0. The number of nitrogens with one attached hydrogen (secondary N) is 1. The van der Waals surface area contributed by atoms with Crippen molar-refractivity contribution < 1.29 is 9.18 Å². The Labute approximate surface area is 182 Å². The van der Waals surface area contributed by atoms with E-state index in [1.807, 2.05) is 0 Å². The van der Waals surface area contributed by atoms with Crippen LogP contribution in [0.5, 0.6) is 0 Å². The molecule has 2 aliphatic rings. The molecule has 1 saturated heterocycles. The van der Waals surface area contributed by atoms with Crippen molar-refractivity contribution in [2.45, 2.75) is 12.5 Å². The molecule has 0 unspecified atom stereocenters. The zero-order valence-corrected chi connectivity index (χ0v) is 17.4. The van der Waals surface area contributed by atoms with Gasteiger partial charge in [0.25, 0.3) is 0 Å². The van der Waals surface area contributed by atoms with Gasteiger partial charge >= 0.3 is 0 Å². The average molecular weight is 416 g/mol. The molecule has 0 atom stereocenters. The van der Waals surface area contributed by atoms with Crippen molar-refractivity contribution in [2.75, 3.05) is 38.0 Å². The van der Waals surface area contributed by atoms with E-state index >= 15 is 0 Å². The van der Waals surface area contributed by atoms with Gasteiger partial charge in [-0.1, -0.05) is 60.7 Å². The summed E-state index contributed by atoms with van der Waals surface area (Å²) in [6.45, 7) is 4.46. The fraction of sp³-hybridized carbons (Fsp3) is 0.269. The van der Waals surface area contributed by atoms with Crippen LogP contribution in [0.1, 0.15) is 23.6 Å². The quantitative estimate of drug-likeness (QED) is 0.665. The average Bonchev–Trinajstić information content (AvgIpc) is 3.14. The Balaban J connectivity index is 1.19. The number of carbonyl (C=O) groups is 1. The molecule has 1 fully saturated rings. The maximum atomic E-state index is 13.7. The van der Waals surface area contributed by atoms with Gasteiger partial charge in [-0.2, -0.15) is 0 Å². The lowest BCUT2D eigenvalue weighted by Gasteiger charge is -2.38. The number of fused-ring (bicyclic) bond motifs is 3. The van der Waals surface area contributed by atoms with Crippen LogP contribution in [-0.4, -0.2) is 48.4 Å². The van der Waals surface area contributed by atoms with Crippen molar-refractivity contribution in [3.63, 3.8) is 0 Å². The van der Waals surface area contributed by atoms with Crippen molar-refractivity contribution >= 4 is 11.6 Å². The van der Waals surface area contributed by atoms with Gasteiger partial charge in [0.1, 0.15) is 5.82 Å². The second kappa shape index (κ2) is 8.61. The SMILES string of the molecule is O=C(CCN1CCN(C2c3ccccc3-c3ccccc32)CC1)Nc1ccccc1F. The van der Waals surface area contributed by atoms with Crippen molar-refractivity contribution in [3.05, 3.63) is 89.7 Å². The highest BCUT2D eigenvalue weighted by atomic mass is 19.1. The number of anilines is 1. The Morgan fingerprint density at radius 1 is 0.839 bits per heavy atom. The topological polar surface area (TPSA) is 35.6 Å². The second-order valence-electron chi connectivity index (χ2n) is 8.23. The number of nitrogens with zero attached hydrogens (tertiary/aromatic N) is 2. The Kier molecular flexibility index (Phi) is 5.53. The number of piperazine rings is 1. The van der Waals surface area contributed by atoms with E-state index in [9.17, 15) is 9.18 Å². The third-order valence-electron chi connectivity index (χ3n) is 6.38. The van der Waals surface area contributed by atoms with Gasteiger partial charge in [0.2, 0.25) is 5.91 Å². The van der Waals surface area contributed by atoms with Crippen molar-refractivity contribution in [3.8, 4) is 11.1 Å². The van der Waals surface area contributed by atoms with Crippen molar-refractivity contribution in [1.82, 2.24) is 9.80 Å². The molecule has 0 saturated carbocycles. The molecule has 31 heavy (non-hydrogen) atoms. The number of amides is 1. The molecule has 1 aliphatic heterocycles. The molecule has 0 spiro atoms. The lowest BCUT2D eigenvalue weighted by Crippen LogP contribution is -2.48. The number of halogens is 1. The third kappa shape index (κ3) is 3.99. The highest BCUT2D eigenvalue weighted by molar-refractivity contribution is 5.90. The molecule has 1 heterocycles. The molecule has 5 rings (SSSR count). The van der Waals surface area contributed by atoms with Crippen LogP contribution in [-0.2, 0) is 4.79 Å². The summed E-state index contributed by atoms with van der Waals surface area (Å²) in [7, 11) is 0. The van der Waals surface area contributed by atoms with Crippen molar-refractivity contribution in [2.24, 2.45) is 0 Å². The van der Waals surface area contributed by atoms with Crippen LogP contribution in [0.2, 0.25) is 0 Å². The predicted molar refractivity (Wildman–Crippen MR) is 121 cm³/mol. The predicted octanol–water partition coefficient (Wildman–Crippen LogP) is 4.54. The fourth-order valence-corrected chi connectivity index (χ4v) is 4.80. The summed E-state index contributed by atoms with van der Waals surface area (Å²) in [6, 6.07) is 24.0. The number of hydrogen-bond acceptors (Lipinski definition) is 3. The number of carbonyl (C=O) groups excluding carboxylic acids is 1. The molecule has 0 aromatic heterocycles. The first kappa shape index (κ1) is 19.9. The molecule has 3 aromatic carbocycles. The summed E-state index contributed by atoms with van der Waals surface area (Å²) in [4.78, 5) is 17.1. The minimum atomic E-state index is -0.401. The monoisotopic (exact) mass is 415 g/mol. The zero-order chi connectivity index (χ0) is 21.2. The van der Waals surface area contributed by atoms with Crippen LogP contribution >= 0.6 is 0 Å². The van der Waals surface area contributed by atoms with E-state index in [0.717, 1.165) is 26.2 Å². The lowest BCUT2D eigenvalue weighted by molar-refractivity contribution is -0.116. The first-order valence-corrected chi connectivity index (χ1v) is 10.9. The van der Waals surface area contributed by atoms with E-state index in [-0.39, 0.29) is 11.6 Å². The third-order valence-corrected chi connectivity index (χ3v) is 6.38. The molecule has 0 radical (unpaired) electrons. The molecule has 0 bridgehead atoms. The van der Waals surface area contributed by atoms with E-state index in [2.05, 4.69) is 63.6 Å². The summed E-state index contributed by atoms with van der Waals surface area (Å²) < 4.78 is 13.7. The van der Waals surface area contributed by atoms with Gasteiger partial charge in [0, 0.05) is 39.1 Å². The number of rotatable bonds is 5. The van der Waals surface area contributed by atoms with E-state index in [1.54, 1.807) is 18.2 Å². The van der Waals surface area contributed by atoms with E-state index < -0.39 is 5.82 Å². The fourth-order valence-electron chi connectivity index (χ4n) is 4.80. The van der Waals surface area contributed by atoms with E-state index in [0.29, 0.717) is 19.0 Å². The van der Waals surface area contributed by atoms with Crippen LogP contribution < -0.4 is 5.32 Å². The minimum Gasteiger partial charge on any atom is -0.324 e. The molecule has 5 heteroatoms. The van der Waals surface area contributed by atoms with E-state index in [4.69, 9.17) is 0 Å². The Morgan fingerprint density at radius 3 is 2.06 bits per heavy atom. The number of para-hydroxylation sites is 1. The maximum absolute atomic E-state index is 13.7. The van der Waals surface area contributed by atoms with Gasteiger partial charge in [-0.3, -0.25) is 9.69 Å². The van der Waals surface area contributed by atoms with Crippen LogP contribution in [0.4, 0.5) is 10.1 Å². The molecule has 1 aliphatic carbocycles. The van der Waals surface area contributed by atoms with Crippen LogP contribution in [0.3, 0.4) is 0 Å². The lowest BCUT2D eigenvalue weighted by atomic mass is 10.0. The zero-order valence-electron chi connectivity index (χ0n) is 17.4. The maximum Gasteiger partial charge on any atom is 0.225 e. The van der Waals surface area contributed by atoms with Gasteiger partial charge in [-0.05, 0) is 34.4 Å². The van der Waals surface area contributed by atoms with Crippen molar-refractivity contribution in [1.29, 1.82) is 0 Å². The summed E-state index contributed by atoms with van der Waals surface area (Å²) in [5.74, 6) is -0.548. The van der Waals surface area contributed by atoms with Crippen LogP contribution in [0.15, 0.2) is 72.8 Å². The highest BCUT2D eigenvalue weighted by Crippen LogP contribution is 2.46. The molecule has 158 valence electrons. The Hall–Kier alpha value is -3.02. The normalized spacial score (nSPS) is 16.7. The number of hydrogen-bond donors (Lipinski definition) is 1. The van der Waals surface area contributed by atoms with Crippen LogP contribution in [0.25, 0.3) is 11.1 Å². The van der Waals surface area contributed by atoms with E-state index in [1.165, 1.54) is 28.3 Å². The molecule has 3 aromatic rings. The standard InChI is InChI=1S/C26H26FN3O/c27-23-11-5-6-12-24(23)28-25(31)13-14-29-15-17-30(18-16-29)26-21-9-3-1-7-19(21)20-8-2-4-10-22(20)26/h1-12,26H,13-18H2,(H,28,31). The molecule has 1 amide bonds.